The Morgan fingerprint density at radius 3 is 2.52 bits per heavy atom. The molecule has 0 spiro atoms. The number of aryl methyl sites for hydroxylation is 2. The van der Waals surface area contributed by atoms with Crippen LogP contribution in [0.4, 0.5) is 5.82 Å². The summed E-state index contributed by atoms with van der Waals surface area (Å²) in [5.41, 5.74) is 11.2. The van der Waals surface area contributed by atoms with Gasteiger partial charge in [-0.2, -0.15) is 0 Å². The molecule has 0 aliphatic carbocycles. The summed E-state index contributed by atoms with van der Waals surface area (Å²) in [4.78, 5) is 0. The van der Waals surface area contributed by atoms with Crippen LogP contribution in [-0.2, 0) is 0 Å². The first-order chi connectivity index (χ1) is 10.1. The lowest BCUT2D eigenvalue weighted by Gasteiger charge is -2.06. The topological polar surface area (TPSA) is 52.0 Å². The monoisotopic (exact) mass is 342 g/mol. The van der Waals surface area contributed by atoms with E-state index >= 15 is 0 Å². The molecule has 2 N–H and O–H groups in total. The van der Waals surface area contributed by atoms with E-state index in [1.54, 1.807) is 0 Å². The lowest BCUT2D eigenvalue weighted by Crippen LogP contribution is -1.90. The van der Waals surface area contributed by atoms with Crippen LogP contribution in [-0.4, -0.2) is 5.16 Å². The predicted molar refractivity (Wildman–Crippen MR) is 89.0 cm³/mol. The number of nitrogens with two attached hydrogens (primary N) is 1. The molecule has 0 radical (unpaired) electrons. The van der Waals surface area contributed by atoms with Gasteiger partial charge in [-0.3, -0.25) is 0 Å². The fraction of sp³-hybridized carbons (Fsp3) is 0.118. The summed E-state index contributed by atoms with van der Waals surface area (Å²) in [5.74, 6) is 1.09. The van der Waals surface area contributed by atoms with Gasteiger partial charge in [0.2, 0.25) is 0 Å². The number of benzene rings is 2. The molecule has 0 bridgehead atoms. The van der Waals surface area contributed by atoms with Crippen LogP contribution in [0, 0.1) is 13.8 Å². The van der Waals surface area contributed by atoms with Gasteiger partial charge in [-0.1, -0.05) is 57.0 Å². The molecule has 0 unspecified atom stereocenters. The standard InChI is InChI=1S/C17H15BrN2O/c1-10-4-3-5-12(8-10)15-16(21-20-17(15)19)13-7-6-11(2)9-14(13)18/h3-9H,1-2H3,(H2,19,20). The highest BCUT2D eigenvalue weighted by Crippen LogP contribution is 2.39. The molecule has 1 heterocycles. The maximum atomic E-state index is 6.02. The molecule has 0 fully saturated rings. The van der Waals surface area contributed by atoms with E-state index in [2.05, 4.69) is 40.1 Å². The largest absolute Gasteiger partial charge is 0.380 e. The zero-order valence-corrected chi connectivity index (χ0v) is 13.4. The van der Waals surface area contributed by atoms with Gasteiger partial charge in [0.25, 0.3) is 0 Å². The lowest BCUT2D eigenvalue weighted by molar-refractivity contribution is 0.436. The molecular formula is C17H15BrN2O. The van der Waals surface area contributed by atoms with Crippen LogP contribution in [0.3, 0.4) is 0 Å². The second-order valence-corrected chi connectivity index (χ2v) is 5.98. The Bertz CT molecular complexity index is 808. The normalized spacial score (nSPS) is 10.8. The first-order valence-electron chi connectivity index (χ1n) is 6.65. The van der Waals surface area contributed by atoms with E-state index < -0.39 is 0 Å². The van der Waals surface area contributed by atoms with E-state index in [0.717, 1.165) is 21.2 Å². The maximum Gasteiger partial charge on any atom is 0.178 e. The molecule has 2 aromatic carbocycles. The molecule has 0 amide bonds. The average molecular weight is 343 g/mol. The summed E-state index contributed by atoms with van der Waals surface area (Å²) < 4.78 is 6.46. The van der Waals surface area contributed by atoms with Crippen molar-refractivity contribution >= 4 is 21.7 Å². The van der Waals surface area contributed by atoms with Gasteiger partial charge in [-0.15, -0.1) is 0 Å². The molecule has 1 aromatic heterocycles. The van der Waals surface area contributed by atoms with E-state index in [1.165, 1.54) is 11.1 Å². The van der Waals surface area contributed by atoms with Crippen molar-refractivity contribution in [2.45, 2.75) is 13.8 Å². The van der Waals surface area contributed by atoms with Crippen LogP contribution in [0.15, 0.2) is 51.5 Å². The summed E-state index contributed by atoms with van der Waals surface area (Å²) in [7, 11) is 0. The summed E-state index contributed by atoms with van der Waals surface area (Å²) in [6.07, 6.45) is 0. The zero-order chi connectivity index (χ0) is 15.0. The van der Waals surface area contributed by atoms with Crippen molar-refractivity contribution in [2.24, 2.45) is 0 Å². The van der Waals surface area contributed by atoms with Crippen LogP contribution < -0.4 is 5.73 Å². The van der Waals surface area contributed by atoms with Gasteiger partial charge < -0.3 is 10.3 Å². The summed E-state index contributed by atoms with van der Waals surface area (Å²) in [6, 6.07) is 14.3. The van der Waals surface area contributed by atoms with Crippen molar-refractivity contribution in [3.8, 4) is 22.5 Å². The Morgan fingerprint density at radius 2 is 1.81 bits per heavy atom. The second kappa shape index (κ2) is 5.37. The summed E-state index contributed by atoms with van der Waals surface area (Å²) in [6.45, 7) is 4.10. The molecule has 0 aliphatic heterocycles. The third kappa shape index (κ3) is 2.59. The highest BCUT2D eigenvalue weighted by molar-refractivity contribution is 9.10. The SMILES string of the molecule is Cc1cccc(-c2c(N)noc2-c2ccc(C)cc2Br)c1. The van der Waals surface area contributed by atoms with Gasteiger partial charge >= 0.3 is 0 Å². The van der Waals surface area contributed by atoms with Crippen LogP contribution in [0.1, 0.15) is 11.1 Å². The molecule has 0 saturated heterocycles. The van der Waals surface area contributed by atoms with Gasteiger partial charge in [-0.05, 0) is 37.1 Å². The van der Waals surface area contributed by atoms with E-state index in [9.17, 15) is 0 Å². The second-order valence-electron chi connectivity index (χ2n) is 5.12. The molecule has 3 nitrogen and oxygen atoms in total. The van der Waals surface area contributed by atoms with Gasteiger partial charge in [0.15, 0.2) is 11.6 Å². The summed E-state index contributed by atoms with van der Waals surface area (Å²) >= 11 is 3.59. The van der Waals surface area contributed by atoms with Crippen molar-refractivity contribution in [1.82, 2.24) is 5.16 Å². The fourth-order valence-electron chi connectivity index (χ4n) is 2.37. The molecule has 4 heteroatoms. The number of nitrogens with zero attached hydrogens (tertiary/aromatic N) is 1. The zero-order valence-electron chi connectivity index (χ0n) is 11.9. The Kier molecular flexibility index (Phi) is 3.55. The van der Waals surface area contributed by atoms with Crippen LogP contribution >= 0.6 is 15.9 Å². The van der Waals surface area contributed by atoms with Gasteiger partial charge in [-0.25, -0.2) is 0 Å². The Balaban J connectivity index is 2.22. The van der Waals surface area contributed by atoms with E-state index in [1.807, 2.05) is 37.3 Å². The molecule has 0 atom stereocenters. The van der Waals surface area contributed by atoms with Crippen molar-refractivity contribution in [2.75, 3.05) is 5.73 Å². The minimum absolute atomic E-state index is 0.406. The molecule has 0 saturated carbocycles. The minimum Gasteiger partial charge on any atom is -0.380 e. The van der Waals surface area contributed by atoms with Crippen LogP contribution in [0.2, 0.25) is 0 Å². The van der Waals surface area contributed by atoms with E-state index in [4.69, 9.17) is 10.3 Å². The molecule has 106 valence electrons. The highest BCUT2D eigenvalue weighted by atomic mass is 79.9. The Morgan fingerprint density at radius 1 is 1.05 bits per heavy atom. The third-order valence-electron chi connectivity index (χ3n) is 3.39. The van der Waals surface area contributed by atoms with E-state index in [-0.39, 0.29) is 0 Å². The number of hydrogen-bond donors (Lipinski definition) is 1. The molecule has 3 aromatic rings. The first-order valence-corrected chi connectivity index (χ1v) is 7.44. The number of rotatable bonds is 2. The number of hydrogen-bond acceptors (Lipinski definition) is 3. The first kappa shape index (κ1) is 13.9. The summed E-state index contributed by atoms with van der Waals surface area (Å²) in [5, 5.41) is 3.94. The fourth-order valence-corrected chi connectivity index (χ4v) is 3.04. The Labute approximate surface area is 131 Å². The van der Waals surface area contributed by atoms with Crippen LogP contribution in [0.25, 0.3) is 22.5 Å². The highest BCUT2D eigenvalue weighted by Gasteiger charge is 2.19. The number of anilines is 1. The Hall–Kier alpha value is -2.07. The minimum atomic E-state index is 0.406. The van der Waals surface area contributed by atoms with Crippen LogP contribution in [0.5, 0.6) is 0 Å². The predicted octanol–water partition coefficient (Wildman–Crippen LogP) is 4.97. The van der Waals surface area contributed by atoms with Crippen molar-refractivity contribution in [3.05, 3.63) is 58.1 Å². The molecular weight excluding hydrogens is 328 g/mol. The lowest BCUT2D eigenvalue weighted by atomic mass is 9.99. The number of halogens is 1. The third-order valence-corrected chi connectivity index (χ3v) is 4.05. The van der Waals surface area contributed by atoms with E-state index in [0.29, 0.717) is 11.6 Å². The molecule has 0 aliphatic rings. The number of nitrogen functional groups attached to an aromatic ring is 1. The average Bonchev–Trinajstić information content (AvgIpc) is 2.80. The molecule has 3 rings (SSSR count). The van der Waals surface area contributed by atoms with Crippen molar-refractivity contribution in [1.29, 1.82) is 0 Å². The van der Waals surface area contributed by atoms with Crippen molar-refractivity contribution < 1.29 is 4.52 Å². The van der Waals surface area contributed by atoms with Crippen molar-refractivity contribution in [3.63, 3.8) is 0 Å². The smallest absolute Gasteiger partial charge is 0.178 e. The molecule has 21 heavy (non-hydrogen) atoms. The van der Waals surface area contributed by atoms with Gasteiger partial charge in [0.05, 0.1) is 5.56 Å². The quantitative estimate of drug-likeness (QED) is 0.715. The van der Waals surface area contributed by atoms with Gasteiger partial charge in [0, 0.05) is 10.0 Å². The maximum absolute atomic E-state index is 6.02. The number of aromatic nitrogens is 1. The van der Waals surface area contributed by atoms with Gasteiger partial charge in [0.1, 0.15) is 0 Å².